The number of benzene rings is 4. The van der Waals surface area contributed by atoms with E-state index in [-0.39, 0.29) is 105 Å². The number of thiophene rings is 1. The maximum Gasteiger partial charge on any atom is 0.162 e. The molecule has 4 aromatic carbocycles. The Morgan fingerprint density at radius 3 is 1.47 bits per heavy atom. The number of piperidine rings is 4. The number of anilines is 4. The number of thiazole rings is 3. The molecule has 0 amide bonds. The van der Waals surface area contributed by atoms with Gasteiger partial charge in [-0.1, -0.05) is 117 Å². The molecule has 4 saturated heterocycles. The van der Waals surface area contributed by atoms with Crippen molar-refractivity contribution in [2.45, 2.75) is 161 Å². The Kier molecular flexibility index (Phi) is 17.7. The van der Waals surface area contributed by atoms with Gasteiger partial charge in [-0.3, -0.25) is 19.6 Å². The number of aromatic nitrogens is 11. The van der Waals surface area contributed by atoms with Crippen molar-refractivity contribution in [3.05, 3.63) is 191 Å². The summed E-state index contributed by atoms with van der Waals surface area (Å²) in [5.41, 5.74) is 1.47. The Labute approximate surface area is 712 Å². The van der Waals surface area contributed by atoms with Gasteiger partial charge in [0.1, 0.15) is 94.6 Å². The van der Waals surface area contributed by atoms with Crippen molar-refractivity contribution in [2.24, 2.45) is 0 Å². The summed E-state index contributed by atoms with van der Waals surface area (Å²) >= 11 is 16.1. The van der Waals surface area contributed by atoms with E-state index in [1.807, 2.05) is 15.9 Å². The van der Waals surface area contributed by atoms with E-state index in [2.05, 4.69) is 54.8 Å². The molecule has 0 bridgehead atoms. The smallest absolute Gasteiger partial charge is 0.162 e. The van der Waals surface area contributed by atoms with Gasteiger partial charge in [-0.25, -0.2) is 76.8 Å². The Bertz CT molecular complexity index is 6740. The van der Waals surface area contributed by atoms with Crippen LogP contribution in [-0.4, -0.2) is 151 Å². The second kappa shape index (κ2) is 37.8. The fourth-order valence-electron chi connectivity index (χ4n) is 11.2. The topological polar surface area (TPSA) is 250 Å². The minimum Gasteiger partial charge on any atom is -0.367 e. The molecule has 3 unspecified atom stereocenters. The molecule has 0 radical (unpaired) electrons. The molecule has 0 spiro atoms. The lowest BCUT2D eigenvalue weighted by Gasteiger charge is -2.32. The summed E-state index contributed by atoms with van der Waals surface area (Å²) in [6.07, 6.45) is -6.67. The molecule has 8 aromatic heterocycles. The molecule has 4 fully saturated rings. The van der Waals surface area contributed by atoms with Gasteiger partial charge >= 0.3 is 0 Å². The van der Waals surface area contributed by atoms with Gasteiger partial charge in [0.25, 0.3) is 0 Å². The third-order valence-corrected chi connectivity index (χ3v) is 21.8. The van der Waals surface area contributed by atoms with E-state index in [1.165, 1.54) is 94.9 Å². The number of rotatable bonds is 19. The maximum atomic E-state index is 14.3. The van der Waals surface area contributed by atoms with Gasteiger partial charge < -0.3 is 21.2 Å². The second-order valence-corrected chi connectivity index (χ2v) is 30.7. The van der Waals surface area contributed by atoms with Crippen molar-refractivity contribution in [1.29, 1.82) is 10.5 Å². The predicted octanol–water partition coefficient (Wildman–Crippen LogP) is 18.4. The third kappa shape index (κ3) is 21.1. The Balaban J connectivity index is 0.000000158. The molecule has 12 heterocycles. The quantitative estimate of drug-likeness (QED) is 0.0549. The molecule has 4 aliphatic heterocycles. The summed E-state index contributed by atoms with van der Waals surface area (Å²) in [6, 6.07) is 8.82. The minimum absolute atomic E-state index is 0.0357. The van der Waals surface area contributed by atoms with Crippen molar-refractivity contribution in [3.63, 3.8) is 0 Å². The summed E-state index contributed by atoms with van der Waals surface area (Å²) in [6.45, 7) is -1.88. The summed E-state index contributed by atoms with van der Waals surface area (Å²) in [7, 11) is 0. The van der Waals surface area contributed by atoms with Crippen LogP contribution in [0.25, 0.3) is 41.3 Å². The summed E-state index contributed by atoms with van der Waals surface area (Å²) in [4.78, 5) is 51.6. The van der Waals surface area contributed by atoms with Crippen LogP contribution in [0.15, 0.2) is 104 Å². The van der Waals surface area contributed by atoms with Crippen molar-refractivity contribution in [3.8, 4) is 12.1 Å². The van der Waals surface area contributed by atoms with Crippen LogP contribution >= 0.6 is 68.5 Å². The highest BCUT2D eigenvalue weighted by molar-refractivity contribution is 7.22. The molecule has 32 heteroatoms. The van der Waals surface area contributed by atoms with E-state index in [0.717, 1.165) is 15.9 Å². The van der Waals surface area contributed by atoms with Gasteiger partial charge in [0.2, 0.25) is 0 Å². The molecule has 12 aromatic rings. The highest BCUT2D eigenvalue weighted by Crippen LogP contribution is 2.36. The average molecular weight is 1660 g/mol. The number of fused-ring (bicyclic) bond motifs is 4. The third-order valence-electron chi connectivity index (χ3n) is 16.9. The Morgan fingerprint density at radius 1 is 0.509 bits per heavy atom. The van der Waals surface area contributed by atoms with Gasteiger partial charge in [-0.15, -0.1) is 11.3 Å². The monoisotopic (exact) mass is 1660 g/mol. The average Bonchev–Trinajstić information content (AvgIpc) is 0.697. The number of nitrogens with zero attached hydrogens (tertiary/aromatic N) is 17. The molecule has 21 nitrogen and oxygen atoms in total. The summed E-state index contributed by atoms with van der Waals surface area (Å²) in [5, 5.41) is 21.9. The molecule has 16 rings (SSSR count). The van der Waals surface area contributed by atoms with Gasteiger partial charge in [-0.2, -0.15) is 10.5 Å². The van der Waals surface area contributed by atoms with Crippen LogP contribution in [0.2, 0.25) is 15.0 Å². The van der Waals surface area contributed by atoms with Gasteiger partial charge in [0.05, 0.1) is 53.8 Å². The van der Waals surface area contributed by atoms with Gasteiger partial charge in [0.15, 0.2) is 34.7 Å². The lowest BCUT2D eigenvalue weighted by Crippen LogP contribution is -2.39. The molecule has 4 N–H and O–H groups in total. The standard InChI is InChI=1S/2C21H23FN6S.C20H23ClFN5S.C18H17ClF2N4S/c1-13(2)20-27-18-19(24-12-25-21(18)29-20)26-16-5-7-28(8-6-16)11-14-3-4-17(22)15(9-14)10-23;1-13(2)20-27-18-19(24-12-25-21(18)29-20)26-16-5-7-28(8-6-16)11-15-9-14(10-23)3-4-17(15)22;1-12(2)19-26-17-18(23-11-24-20(17)28-19)25-14-5-7-27(8-6-14)10-13-3-4-16(22)15(21)9-13;19-16-8-13-17(22-10-23-18(13)26-16)24-12-3-5-25(6-4-12)9-11-1-2-14(20)15(21)7-11/h2*3-4,9,12-13,16H,5-8,11H2,1-2H3,(H,24,25,26);3-4,9,11-12,14H,5-8,10H2,1-2H3,(H,23,24,25);1-2,7-8,10,12H,3-6,9H2,(H,22,23,24)/i11D,12D,13D,16D;11D,13D,16D;10D,11D,12D,14D;3D2,4D2,5D2,6D2,8D,9D2,10D,12D/hD4. The lowest BCUT2D eigenvalue weighted by molar-refractivity contribution is 0.209. The first-order valence-electron chi connectivity index (χ1n) is 48.5. The van der Waals surface area contributed by atoms with Crippen LogP contribution in [0, 0.1) is 51.7 Å². The molecule has 112 heavy (non-hydrogen) atoms. The van der Waals surface area contributed by atoms with Crippen molar-refractivity contribution in [1.82, 2.24) is 74.4 Å². The van der Waals surface area contributed by atoms with Crippen LogP contribution in [0.5, 0.6) is 0 Å². The van der Waals surface area contributed by atoms with E-state index in [0.29, 0.717) is 125 Å². The maximum absolute atomic E-state index is 14.3. The van der Waals surface area contributed by atoms with Crippen LogP contribution in [-0.2, 0) is 26.1 Å². The fraction of sp³-hybridized carbons (Fsp3) is 0.412. The second-order valence-electron chi connectivity index (χ2n) is 25.8. The first kappa shape index (κ1) is 52.5. The van der Waals surface area contributed by atoms with Crippen LogP contribution in [0.3, 0.4) is 0 Å². The van der Waals surface area contributed by atoms with Crippen LogP contribution in [0.4, 0.5) is 45.2 Å². The number of hydrogen-bond acceptors (Lipinski definition) is 25. The van der Waals surface area contributed by atoms with E-state index in [4.69, 9.17) is 72.3 Å². The van der Waals surface area contributed by atoms with E-state index < -0.39 is 157 Å². The number of likely N-dealkylation sites (tertiary alicyclic amines) is 4. The van der Waals surface area contributed by atoms with Gasteiger partial charge in [-0.05, 0) is 129 Å². The minimum atomic E-state index is -4.02. The molecule has 0 saturated carbocycles. The zero-order valence-electron chi connectivity index (χ0n) is 88.4. The highest BCUT2D eigenvalue weighted by atomic mass is 35.5. The number of nitrogens with one attached hydrogen (secondary N) is 4. The van der Waals surface area contributed by atoms with Crippen molar-refractivity contribution >= 4 is 133 Å². The lowest BCUT2D eigenvalue weighted by atomic mass is 10.0. The summed E-state index contributed by atoms with van der Waals surface area (Å²) in [5.74, 6) is -8.15. The number of hydrogen-bond donors (Lipinski definition) is 4. The normalized spacial score (nSPS) is 23.7. The largest absolute Gasteiger partial charge is 0.367 e. The first-order valence-corrected chi connectivity index (χ1v) is 38.5. The molecular formula is C80H86Cl2F5N21S4. The molecular weight excluding hydrogens is 1550 g/mol. The Morgan fingerprint density at radius 2 is 0.964 bits per heavy atom. The predicted molar refractivity (Wildman–Crippen MR) is 438 cm³/mol. The van der Waals surface area contributed by atoms with E-state index in [1.54, 1.807) is 52.5 Å². The van der Waals surface area contributed by atoms with E-state index in [9.17, 15) is 22.0 Å². The highest BCUT2D eigenvalue weighted by Gasteiger charge is 2.28. The SMILES string of the molecule is [2H]C(c1cc(C#N)ccc1F)N1CCC([2H])(N([2H])c2ncnc3sc(C([2H])(C)C)nc23)CC1.[2H]c1nc(N([2H])C2([2H])C([2H])([2H])C([2H])([2H])N(C([2H])([2H])c3ccc(F)c(F)c3)C([2H])([2H])C2([2H])[2H])c2c([2H])c(Cl)sc2n1.[2H]c1nc(N([2H])C2([2H])CCN(C([2H])c3ccc(F)c(C#N)c3)CC2)c2nc(C([2H])(C)C)sc2n1.[2H]c1nc(N([2H])C2([2H])CCN(C([2H])c3ccc(F)c(Cl)c3)CC2)c2nc(C([2H])(C)C)sc2n1. The van der Waals surface area contributed by atoms with Gasteiger partial charge in [0, 0.05) is 148 Å². The molecule has 3 atom stereocenters. The zero-order chi connectivity index (χ0) is 104. The summed E-state index contributed by atoms with van der Waals surface area (Å²) < 4.78 is 307. The molecule has 4 aliphatic rings. The van der Waals surface area contributed by atoms with Crippen LogP contribution < -0.4 is 21.2 Å². The number of halogens is 7. The van der Waals surface area contributed by atoms with E-state index >= 15 is 0 Å². The first-order chi connectivity index (χ1) is 64.8. The number of nitriles is 2. The van der Waals surface area contributed by atoms with Crippen molar-refractivity contribution in [2.75, 3.05) is 73.5 Å². The fourth-order valence-corrected chi connectivity index (χ4v) is 14.9. The molecule has 0 aliphatic carbocycles. The zero-order valence-corrected chi connectivity index (χ0v) is 65.2. The Hall–Kier alpha value is -8.92. The van der Waals surface area contributed by atoms with Crippen LogP contribution in [0.1, 0.15) is 192 Å². The molecule has 584 valence electrons. The van der Waals surface area contributed by atoms with Crippen molar-refractivity contribution < 1.29 is 60.5 Å².